The Balaban J connectivity index is 1.56. The third kappa shape index (κ3) is 5.53. The van der Waals surface area contributed by atoms with E-state index in [4.69, 9.17) is 28.6 Å². The maximum atomic E-state index is 12.3. The third-order valence-corrected chi connectivity index (χ3v) is 5.31. The Labute approximate surface area is 191 Å². The Morgan fingerprint density at radius 3 is 2.53 bits per heavy atom. The van der Waals surface area contributed by atoms with Gasteiger partial charge in [0.05, 0.1) is 22.2 Å². The number of hydrogen-bond acceptors (Lipinski definition) is 3. The van der Waals surface area contributed by atoms with E-state index < -0.39 is 0 Å². The van der Waals surface area contributed by atoms with E-state index in [1.54, 1.807) is 18.3 Å². The number of fused-ring (bicyclic) bond motifs is 1. The zero-order valence-electron chi connectivity index (χ0n) is 15.8. The molecule has 7 nitrogen and oxygen atoms in total. The molecule has 0 fully saturated rings. The van der Waals surface area contributed by atoms with Crippen LogP contribution in [0.5, 0.6) is 0 Å². The van der Waals surface area contributed by atoms with Gasteiger partial charge >= 0.3 is 0 Å². The highest BCUT2D eigenvalue weighted by Crippen LogP contribution is 2.31. The van der Waals surface area contributed by atoms with Crippen LogP contribution in [-0.2, 0) is 22.6 Å². The second-order valence-electron chi connectivity index (χ2n) is 6.57. The maximum absolute atomic E-state index is 12.3. The first-order valence-electron chi connectivity index (χ1n) is 8.86. The molecule has 0 saturated heterocycles. The molecule has 0 aliphatic rings. The average molecular weight is 511 g/mol. The van der Waals surface area contributed by atoms with Crippen molar-refractivity contribution >= 4 is 73.5 Å². The molecule has 1 aromatic heterocycles. The largest absolute Gasteiger partial charge is 0.361 e. The van der Waals surface area contributed by atoms with Crippen molar-refractivity contribution in [2.24, 2.45) is 0 Å². The van der Waals surface area contributed by atoms with Crippen molar-refractivity contribution in [3.8, 4) is 0 Å². The van der Waals surface area contributed by atoms with Gasteiger partial charge in [0.15, 0.2) is 5.96 Å². The Hall–Kier alpha value is -2.55. The van der Waals surface area contributed by atoms with Crippen LogP contribution in [0.3, 0.4) is 0 Å². The molecule has 3 rings (SSSR count). The van der Waals surface area contributed by atoms with Gasteiger partial charge in [-0.3, -0.25) is 20.3 Å². The van der Waals surface area contributed by atoms with Crippen LogP contribution in [-0.4, -0.2) is 22.8 Å². The monoisotopic (exact) mass is 509 g/mol. The molecule has 3 aromatic rings. The minimum absolute atomic E-state index is 0.134. The summed E-state index contributed by atoms with van der Waals surface area (Å²) in [5, 5.41) is 17.4. The molecule has 5 N–H and O–H groups in total. The van der Waals surface area contributed by atoms with Gasteiger partial charge in [0, 0.05) is 35.0 Å². The third-order valence-electron chi connectivity index (χ3n) is 4.22. The SMILES string of the molecule is CC(=O)Nc1c(Cl)cc(CNC(=N)NC(=O)Cc2c[nH]c3cc(Br)ccc23)cc1Cl. The van der Waals surface area contributed by atoms with Gasteiger partial charge in [-0.15, -0.1) is 0 Å². The molecule has 0 bridgehead atoms. The summed E-state index contributed by atoms with van der Waals surface area (Å²) in [4.78, 5) is 26.6. The highest BCUT2D eigenvalue weighted by molar-refractivity contribution is 9.10. The summed E-state index contributed by atoms with van der Waals surface area (Å²) in [5.41, 5.74) is 2.80. The van der Waals surface area contributed by atoms with Gasteiger partial charge in [-0.05, 0) is 35.4 Å². The summed E-state index contributed by atoms with van der Waals surface area (Å²) in [5.74, 6) is -0.730. The first-order valence-corrected chi connectivity index (χ1v) is 10.4. The van der Waals surface area contributed by atoms with E-state index >= 15 is 0 Å². The number of benzene rings is 2. The summed E-state index contributed by atoms with van der Waals surface area (Å²) in [6.07, 6.45) is 1.92. The molecule has 0 aliphatic carbocycles. The topological polar surface area (TPSA) is 110 Å². The maximum Gasteiger partial charge on any atom is 0.231 e. The Morgan fingerprint density at radius 2 is 1.87 bits per heavy atom. The number of rotatable bonds is 5. The number of H-pyrrole nitrogens is 1. The van der Waals surface area contributed by atoms with Crippen molar-refractivity contribution in [2.75, 3.05) is 5.32 Å². The lowest BCUT2D eigenvalue weighted by atomic mass is 10.1. The molecule has 1 heterocycles. The number of halogens is 3. The summed E-state index contributed by atoms with van der Waals surface area (Å²) in [6.45, 7) is 1.58. The van der Waals surface area contributed by atoms with Crippen LogP contribution < -0.4 is 16.0 Å². The predicted molar refractivity (Wildman–Crippen MR) is 123 cm³/mol. The standard InChI is InChI=1S/C20H18BrCl2N5O2/c1-10(29)27-19-15(22)4-11(5-16(19)23)8-26-20(24)28-18(30)6-12-9-25-17-7-13(21)2-3-14(12)17/h2-5,7,9,25H,6,8H2,1H3,(H,27,29)(H3,24,26,28,30). The number of carbonyl (C=O) groups is 2. The van der Waals surface area contributed by atoms with Crippen molar-refractivity contribution < 1.29 is 9.59 Å². The van der Waals surface area contributed by atoms with E-state index in [1.807, 2.05) is 18.2 Å². The number of nitrogens with one attached hydrogen (secondary N) is 5. The highest BCUT2D eigenvalue weighted by atomic mass is 79.9. The molecular weight excluding hydrogens is 493 g/mol. The normalized spacial score (nSPS) is 10.7. The van der Waals surface area contributed by atoms with Gasteiger partial charge in [-0.2, -0.15) is 0 Å². The molecule has 0 aliphatic heterocycles. The zero-order valence-corrected chi connectivity index (χ0v) is 18.9. The second-order valence-corrected chi connectivity index (χ2v) is 8.30. The smallest absolute Gasteiger partial charge is 0.231 e. The van der Waals surface area contributed by atoms with Gasteiger partial charge in [0.2, 0.25) is 11.8 Å². The Bertz CT molecular complexity index is 1120. The summed E-state index contributed by atoms with van der Waals surface area (Å²) < 4.78 is 0.948. The van der Waals surface area contributed by atoms with Crippen molar-refractivity contribution in [3.05, 3.63) is 62.2 Å². The quantitative estimate of drug-likeness (QED) is 0.256. The molecule has 30 heavy (non-hydrogen) atoms. The number of amides is 2. The molecule has 156 valence electrons. The van der Waals surface area contributed by atoms with Crippen LogP contribution in [0.2, 0.25) is 10.0 Å². The summed E-state index contributed by atoms with van der Waals surface area (Å²) in [7, 11) is 0. The predicted octanol–water partition coefficient (Wildman–Crippen LogP) is 4.58. The summed E-state index contributed by atoms with van der Waals surface area (Å²) >= 11 is 15.7. The van der Waals surface area contributed by atoms with E-state index in [-0.39, 0.29) is 40.8 Å². The number of anilines is 1. The molecule has 0 atom stereocenters. The van der Waals surface area contributed by atoms with E-state index in [2.05, 4.69) is 36.9 Å². The fourth-order valence-electron chi connectivity index (χ4n) is 2.92. The van der Waals surface area contributed by atoms with E-state index in [1.165, 1.54) is 6.92 Å². The van der Waals surface area contributed by atoms with Gasteiger partial charge < -0.3 is 15.6 Å². The average Bonchev–Trinajstić information content (AvgIpc) is 3.04. The second kappa shape index (κ2) is 9.51. The van der Waals surface area contributed by atoms with Crippen molar-refractivity contribution in [1.82, 2.24) is 15.6 Å². The fraction of sp³-hybridized carbons (Fsp3) is 0.150. The number of aromatic amines is 1. The Kier molecular flexibility index (Phi) is 7.02. The first-order chi connectivity index (χ1) is 14.2. The lowest BCUT2D eigenvalue weighted by molar-refractivity contribution is -0.119. The fourth-order valence-corrected chi connectivity index (χ4v) is 3.91. The van der Waals surface area contributed by atoms with Crippen molar-refractivity contribution in [3.63, 3.8) is 0 Å². The van der Waals surface area contributed by atoms with Crippen LogP contribution in [0.15, 0.2) is 41.0 Å². The molecule has 0 radical (unpaired) electrons. The minimum Gasteiger partial charge on any atom is -0.361 e. The van der Waals surface area contributed by atoms with Crippen LogP contribution >= 0.6 is 39.1 Å². The molecule has 0 saturated carbocycles. The Morgan fingerprint density at radius 1 is 1.17 bits per heavy atom. The van der Waals surface area contributed by atoms with Crippen molar-refractivity contribution in [2.45, 2.75) is 19.9 Å². The minimum atomic E-state index is -0.312. The summed E-state index contributed by atoms with van der Waals surface area (Å²) in [6, 6.07) is 9.04. The van der Waals surface area contributed by atoms with E-state index in [0.29, 0.717) is 11.3 Å². The molecule has 2 amide bonds. The number of carbonyl (C=O) groups excluding carboxylic acids is 2. The van der Waals surface area contributed by atoms with E-state index in [9.17, 15) is 9.59 Å². The van der Waals surface area contributed by atoms with Gasteiger partial charge in [-0.1, -0.05) is 45.2 Å². The lowest BCUT2D eigenvalue weighted by Crippen LogP contribution is -2.40. The number of guanidine groups is 1. The first kappa shape index (κ1) is 22.1. The highest BCUT2D eigenvalue weighted by Gasteiger charge is 2.12. The van der Waals surface area contributed by atoms with Crippen LogP contribution in [0.4, 0.5) is 5.69 Å². The van der Waals surface area contributed by atoms with Crippen molar-refractivity contribution in [1.29, 1.82) is 5.41 Å². The number of aromatic nitrogens is 1. The molecule has 2 aromatic carbocycles. The van der Waals surface area contributed by atoms with Crippen LogP contribution in [0, 0.1) is 5.41 Å². The van der Waals surface area contributed by atoms with Gasteiger partial charge in [0.25, 0.3) is 0 Å². The van der Waals surface area contributed by atoms with Gasteiger partial charge in [0.1, 0.15) is 0 Å². The number of hydrogen-bond donors (Lipinski definition) is 5. The van der Waals surface area contributed by atoms with Gasteiger partial charge in [-0.25, -0.2) is 0 Å². The lowest BCUT2D eigenvalue weighted by Gasteiger charge is -2.12. The van der Waals surface area contributed by atoms with Crippen LogP contribution in [0.25, 0.3) is 10.9 Å². The molecule has 0 spiro atoms. The zero-order chi connectivity index (χ0) is 21.8. The molecule has 10 heteroatoms. The molecular formula is C20H18BrCl2N5O2. The van der Waals surface area contributed by atoms with E-state index in [0.717, 1.165) is 20.9 Å². The van der Waals surface area contributed by atoms with Crippen LogP contribution in [0.1, 0.15) is 18.1 Å². The molecule has 0 unspecified atom stereocenters.